The van der Waals surface area contributed by atoms with Crippen LogP contribution in [-0.2, 0) is 4.84 Å². The summed E-state index contributed by atoms with van der Waals surface area (Å²) in [6, 6.07) is 0. The second-order valence-electron chi connectivity index (χ2n) is 1.55. The van der Waals surface area contributed by atoms with Gasteiger partial charge in [0.05, 0.1) is 0 Å². The Balaban J connectivity index is 2.76. The van der Waals surface area contributed by atoms with Crippen molar-refractivity contribution in [1.29, 1.82) is 0 Å². The Hall–Kier alpha value is -1.12. The first-order chi connectivity index (χ1) is 3.80. The predicted octanol–water partition coefficient (Wildman–Crippen LogP) is 0.824. The van der Waals surface area contributed by atoms with Crippen LogP contribution in [0.5, 0.6) is 0 Å². The lowest BCUT2D eigenvalue weighted by Crippen LogP contribution is -2.14. The van der Waals surface area contributed by atoms with Gasteiger partial charge in [-0.05, 0) is 13.0 Å². The van der Waals surface area contributed by atoms with Gasteiger partial charge in [-0.1, -0.05) is 0 Å². The smallest absolute Gasteiger partial charge is 0.220 e. The van der Waals surface area contributed by atoms with Gasteiger partial charge in [0.2, 0.25) is 5.88 Å². The van der Waals surface area contributed by atoms with Gasteiger partial charge in [0, 0.05) is 5.57 Å². The molecule has 1 aliphatic heterocycles. The number of aliphatic hydroxyl groups is 1. The van der Waals surface area contributed by atoms with Gasteiger partial charge >= 0.3 is 0 Å². The maximum absolute atomic E-state index is 8.77. The molecule has 2 N–H and O–H groups in total. The van der Waals surface area contributed by atoms with Crippen LogP contribution < -0.4 is 5.48 Å². The maximum atomic E-state index is 8.77. The zero-order valence-electron chi connectivity index (χ0n) is 4.51. The van der Waals surface area contributed by atoms with E-state index in [-0.39, 0.29) is 5.88 Å². The van der Waals surface area contributed by atoms with Crippen LogP contribution in [-0.4, -0.2) is 5.11 Å². The fraction of sp³-hybridized carbons (Fsp3) is 0.200. The molecular weight excluding hydrogens is 106 g/mol. The molecule has 8 heavy (non-hydrogen) atoms. The molecule has 1 heterocycles. The SMILES string of the molecule is CC1=C(O)NOC=C1. The third-order valence-corrected chi connectivity index (χ3v) is 0.915. The molecule has 0 amide bonds. The summed E-state index contributed by atoms with van der Waals surface area (Å²) in [5.74, 6) is 0.0764. The van der Waals surface area contributed by atoms with E-state index in [4.69, 9.17) is 5.11 Å². The van der Waals surface area contributed by atoms with Crippen molar-refractivity contribution in [1.82, 2.24) is 5.48 Å². The summed E-state index contributed by atoms with van der Waals surface area (Å²) >= 11 is 0. The van der Waals surface area contributed by atoms with Crippen LogP contribution in [0, 0.1) is 0 Å². The predicted molar refractivity (Wildman–Crippen MR) is 28.7 cm³/mol. The monoisotopic (exact) mass is 113 g/mol. The van der Waals surface area contributed by atoms with Crippen molar-refractivity contribution in [3.05, 3.63) is 23.8 Å². The van der Waals surface area contributed by atoms with Crippen molar-refractivity contribution < 1.29 is 9.94 Å². The van der Waals surface area contributed by atoms with Crippen LogP contribution in [0.25, 0.3) is 0 Å². The van der Waals surface area contributed by atoms with Crippen LogP contribution in [0.15, 0.2) is 23.8 Å². The molecule has 44 valence electrons. The summed E-state index contributed by atoms with van der Waals surface area (Å²) < 4.78 is 0. The van der Waals surface area contributed by atoms with E-state index in [2.05, 4.69) is 10.3 Å². The molecule has 0 spiro atoms. The summed E-state index contributed by atoms with van der Waals surface area (Å²) in [7, 11) is 0. The number of aliphatic hydroxyl groups excluding tert-OH is 1. The lowest BCUT2D eigenvalue weighted by molar-refractivity contribution is 0.107. The van der Waals surface area contributed by atoms with Crippen molar-refractivity contribution in [2.24, 2.45) is 0 Å². The lowest BCUT2D eigenvalue weighted by Gasteiger charge is -2.08. The van der Waals surface area contributed by atoms with Crippen molar-refractivity contribution in [3.8, 4) is 0 Å². The summed E-state index contributed by atoms with van der Waals surface area (Å²) in [5.41, 5.74) is 3.05. The lowest BCUT2D eigenvalue weighted by atomic mass is 10.3. The fourth-order valence-electron chi connectivity index (χ4n) is 0.385. The van der Waals surface area contributed by atoms with E-state index < -0.39 is 0 Å². The summed E-state index contributed by atoms with van der Waals surface area (Å²) in [6.07, 6.45) is 3.14. The van der Waals surface area contributed by atoms with Crippen LogP contribution in [0.2, 0.25) is 0 Å². The van der Waals surface area contributed by atoms with Gasteiger partial charge in [0.1, 0.15) is 6.26 Å². The average Bonchev–Trinajstić information content (AvgIpc) is 1.77. The first kappa shape index (κ1) is 5.03. The van der Waals surface area contributed by atoms with Crippen molar-refractivity contribution in [2.45, 2.75) is 6.92 Å². The molecule has 0 atom stereocenters. The minimum atomic E-state index is 0.0764. The third-order valence-electron chi connectivity index (χ3n) is 0.915. The van der Waals surface area contributed by atoms with Crippen molar-refractivity contribution >= 4 is 0 Å². The maximum Gasteiger partial charge on any atom is 0.220 e. The summed E-state index contributed by atoms with van der Waals surface area (Å²) in [4.78, 5) is 4.51. The third kappa shape index (κ3) is 0.753. The van der Waals surface area contributed by atoms with Crippen LogP contribution in [0.1, 0.15) is 6.92 Å². The Kier molecular flexibility index (Phi) is 1.12. The van der Waals surface area contributed by atoms with E-state index >= 15 is 0 Å². The highest BCUT2D eigenvalue weighted by Gasteiger charge is 1.98. The second-order valence-corrected chi connectivity index (χ2v) is 1.55. The van der Waals surface area contributed by atoms with E-state index in [9.17, 15) is 0 Å². The first-order valence-corrected chi connectivity index (χ1v) is 2.29. The van der Waals surface area contributed by atoms with E-state index in [1.165, 1.54) is 6.26 Å². The Bertz CT molecular complexity index is 149. The van der Waals surface area contributed by atoms with E-state index in [1.807, 2.05) is 0 Å². The Labute approximate surface area is 47.2 Å². The highest BCUT2D eigenvalue weighted by Crippen LogP contribution is 2.02. The molecule has 0 saturated carbocycles. The number of hydroxylamine groups is 1. The Morgan fingerprint density at radius 3 is 2.88 bits per heavy atom. The molecule has 0 aliphatic carbocycles. The highest BCUT2D eigenvalue weighted by atomic mass is 16.7. The molecular formula is C5H7NO2. The largest absolute Gasteiger partial charge is 0.493 e. The fourth-order valence-corrected chi connectivity index (χ4v) is 0.385. The molecule has 0 radical (unpaired) electrons. The minimum Gasteiger partial charge on any atom is -0.493 e. The molecule has 0 bridgehead atoms. The molecule has 3 heteroatoms. The van der Waals surface area contributed by atoms with Gasteiger partial charge < -0.3 is 9.94 Å². The minimum absolute atomic E-state index is 0.0764. The number of hydrogen-bond donors (Lipinski definition) is 2. The molecule has 1 rings (SSSR count). The molecule has 0 aromatic carbocycles. The number of hydrogen-bond acceptors (Lipinski definition) is 3. The standard InChI is InChI=1S/C5H7NO2/c1-4-2-3-8-6-5(4)7/h2-3,6-7H,1H3. The average molecular weight is 113 g/mol. The Morgan fingerprint density at radius 2 is 2.50 bits per heavy atom. The topological polar surface area (TPSA) is 41.5 Å². The molecule has 0 fully saturated rings. The second kappa shape index (κ2) is 1.78. The van der Waals surface area contributed by atoms with Gasteiger partial charge in [-0.15, -0.1) is 0 Å². The van der Waals surface area contributed by atoms with Crippen molar-refractivity contribution in [2.75, 3.05) is 0 Å². The van der Waals surface area contributed by atoms with E-state index in [0.717, 1.165) is 5.57 Å². The van der Waals surface area contributed by atoms with Gasteiger partial charge in [-0.3, -0.25) is 0 Å². The van der Waals surface area contributed by atoms with Crippen molar-refractivity contribution in [3.63, 3.8) is 0 Å². The normalized spacial score (nSPS) is 17.6. The molecule has 0 unspecified atom stereocenters. The van der Waals surface area contributed by atoms with E-state index in [0.29, 0.717) is 0 Å². The zero-order valence-corrected chi connectivity index (χ0v) is 4.51. The molecule has 0 aromatic heterocycles. The summed E-state index contributed by atoms with van der Waals surface area (Å²) in [6.45, 7) is 1.78. The van der Waals surface area contributed by atoms with Gasteiger partial charge in [0.25, 0.3) is 0 Å². The van der Waals surface area contributed by atoms with E-state index in [1.54, 1.807) is 13.0 Å². The number of allylic oxidation sites excluding steroid dienone is 2. The molecule has 1 aliphatic rings. The van der Waals surface area contributed by atoms with Gasteiger partial charge in [0.15, 0.2) is 0 Å². The van der Waals surface area contributed by atoms with Crippen LogP contribution in [0.3, 0.4) is 0 Å². The zero-order chi connectivity index (χ0) is 5.98. The molecule has 3 nitrogen and oxygen atoms in total. The first-order valence-electron chi connectivity index (χ1n) is 2.29. The van der Waals surface area contributed by atoms with Crippen LogP contribution >= 0.6 is 0 Å². The highest BCUT2D eigenvalue weighted by molar-refractivity contribution is 5.18. The molecule has 0 saturated heterocycles. The molecule has 0 aromatic rings. The van der Waals surface area contributed by atoms with Gasteiger partial charge in [-0.25, -0.2) is 0 Å². The number of rotatable bonds is 0. The van der Waals surface area contributed by atoms with Gasteiger partial charge in [-0.2, -0.15) is 5.48 Å². The number of nitrogens with one attached hydrogen (secondary N) is 1. The summed E-state index contributed by atoms with van der Waals surface area (Å²) in [5, 5.41) is 8.77. The van der Waals surface area contributed by atoms with Crippen LogP contribution in [0.4, 0.5) is 0 Å². The quantitative estimate of drug-likeness (QED) is 0.488. The Morgan fingerprint density at radius 1 is 1.75 bits per heavy atom.